The summed E-state index contributed by atoms with van der Waals surface area (Å²) in [6.45, 7) is 0.999. The van der Waals surface area contributed by atoms with Gasteiger partial charge in [-0.3, -0.25) is 10.1 Å². The van der Waals surface area contributed by atoms with E-state index in [1.54, 1.807) is 11.0 Å². The van der Waals surface area contributed by atoms with E-state index >= 15 is 0 Å². The number of pyridine rings is 1. The van der Waals surface area contributed by atoms with Gasteiger partial charge in [-0.2, -0.15) is 0 Å². The molecule has 1 aromatic heterocycles. The Labute approximate surface area is 125 Å². The largest absolute Gasteiger partial charge is 0.350 e. The van der Waals surface area contributed by atoms with Gasteiger partial charge in [-0.15, -0.1) is 0 Å². The van der Waals surface area contributed by atoms with Crippen molar-refractivity contribution in [1.82, 2.24) is 4.98 Å². The van der Waals surface area contributed by atoms with Crippen molar-refractivity contribution in [1.29, 1.82) is 0 Å². The van der Waals surface area contributed by atoms with E-state index in [0.29, 0.717) is 19.5 Å². The maximum Gasteiger partial charge on any atom is 0.269 e. The Kier molecular flexibility index (Phi) is 3.47. The van der Waals surface area contributed by atoms with Crippen LogP contribution in [0.2, 0.25) is 5.02 Å². The lowest BCUT2D eigenvalue weighted by Crippen LogP contribution is -2.31. The fourth-order valence-corrected chi connectivity index (χ4v) is 2.62. The van der Waals surface area contributed by atoms with Crippen molar-refractivity contribution in [2.75, 3.05) is 11.4 Å². The highest BCUT2D eigenvalue weighted by Gasteiger charge is 2.22. The number of rotatable bonds is 2. The summed E-state index contributed by atoms with van der Waals surface area (Å²) in [4.78, 5) is 16.2. The normalized spacial score (nSPS) is 13.9. The number of aromatic nitrogens is 1. The molecule has 5 nitrogen and oxygen atoms in total. The number of nitrogens with zero attached hydrogens (tertiary/aromatic N) is 3. The van der Waals surface area contributed by atoms with Crippen molar-refractivity contribution < 1.29 is 9.31 Å². The number of nitro benzene ring substituents is 1. The van der Waals surface area contributed by atoms with Gasteiger partial charge in [0.1, 0.15) is 0 Å². The van der Waals surface area contributed by atoms with Crippen molar-refractivity contribution in [2.24, 2.45) is 0 Å². The van der Waals surface area contributed by atoms with Crippen LogP contribution in [-0.4, -0.2) is 16.5 Å². The zero-order chi connectivity index (χ0) is 15.0. The van der Waals surface area contributed by atoms with Gasteiger partial charge in [0, 0.05) is 31.4 Å². The van der Waals surface area contributed by atoms with E-state index in [4.69, 9.17) is 11.6 Å². The Morgan fingerprint density at radius 3 is 2.86 bits per heavy atom. The van der Waals surface area contributed by atoms with Crippen molar-refractivity contribution >= 4 is 23.1 Å². The van der Waals surface area contributed by atoms with Crippen LogP contribution >= 0.6 is 11.6 Å². The Morgan fingerprint density at radius 1 is 1.33 bits per heavy atom. The highest BCUT2D eigenvalue weighted by Crippen LogP contribution is 2.28. The standard InChI is InChI=1S/C14H11ClFN3O2/c15-11-6-13(16)14(17-7-11)18-4-3-9-1-2-12(19(20)21)5-10(9)8-18/h1-2,5-7H,3-4,8H2. The van der Waals surface area contributed by atoms with Gasteiger partial charge in [-0.1, -0.05) is 17.7 Å². The van der Waals surface area contributed by atoms with Crippen LogP contribution in [0.3, 0.4) is 0 Å². The summed E-state index contributed by atoms with van der Waals surface area (Å²) >= 11 is 5.70. The maximum absolute atomic E-state index is 13.9. The molecule has 0 aliphatic carbocycles. The van der Waals surface area contributed by atoms with Crippen LogP contribution in [0.4, 0.5) is 15.9 Å². The quantitative estimate of drug-likeness (QED) is 0.630. The first-order valence-corrected chi connectivity index (χ1v) is 6.74. The number of anilines is 1. The molecule has 0 atom stereocenters. The Bertz CT molecular complexity index is 723. The molecule has 0 unspecified atom stereocenters. The van der Waals surface area contributed by atoms with E-state index in [0.717, 1.165) is 11.1 Å². The number of hydrogen-bond donors (Lipinski definition) is 0. The highest BCUT2D eigenvalue weighted by atomic mass is 35.5. The number of nitro groups is 1. The Balaban J connectivity index is 1.92. The molecule has 1 aliphatic heterocycles. The summed E-state index contributed by atoms with van der Waals surface area (Å²) in [5.41, 5.74) is 1.91. The monoisotopic (exact) mass is 307 g/mol. The zero-order valence-electron chi connectivity index (χ0n) is 10.9. The van der Waals surface area contributed by atoms with E-state index in [2.05, 4.69) is 4.98 Å². The second-order valence-electron chi connectivity index (χ2n) is 4.84. The first-order valence-electron chi connectivity index (χ1n) is 6.37. The first kappa shape index (κ1) is 13.8. The van der Waals surface area contributed by atoms with E-state index in [1.165, 1.54) is 24.4 Å². The number of fused-ring (bicyclic) bond motifs is 1. The van der Waals surface area contributed by atoms with Crippen LogP contribution in [0.1, 0.15) is 11.1 Å². The molecular formula is C14H11ClFN3O2. The Hall–Kier alpha value is -2.21. The van der Waals surface area contributed by atoms with Crippen LogP contribution < -0.4 is 4.90 Å². The second kappa shape index (κ2) is 5.29. The predicted molar refractivity (Wildman–Crippen MR) is 77.1 cm³/mol. The summed E-state index contributed by atoms with van der Waals surface area (Å²) in [5.74, 6) is -0.270. The van der Waals surface area contributed by atoms with E-state index in [1.807, 2.05) is 0 Å². The van der Waals surface area contributed by atoms with Crippen LogP contribution in [-0.2, 0) is 13.0 Å². The third-order valence-corrected chi connectivity index (χ3v) is 3.71. The summed E-state index contributed by atoms with van der Waals surface area (Å²) in [6.07, 6.45) is 2.08. The molecule has 0 saturated heterocycles. The van der Waals surface area contributed by atoms with Gasteiger partial charge in [0.05, 0.1) is 9.95 Å². The summed E-state index contributed by atoms with van der Waals surface area (Å²) in [7, 11) is 0. The van der Waals surface area contributed by atoms with Crippen molar-refractivity contribution in [3.8, 4) is 0 Å². The lowest BCUT2D eigenvalue weighted by molar-refractivity contribution is -0.384. The molecule has 0 fully saturated rings. The highest BCUT2D eigenvalue weighted by molar-refractivity contribution is 6.30. The molecule has 0 bridgehead atoms. The minimum atomic E-state index is -0.489. The van der Waals surface area contributed by atoms with Gasteiger partial charge >= 0.3 is 0 Å². The molecule has 2 aromatic rings. The average molecular weight is 308 g/mol. The van der Waals surface area contributed by atoms with Crippen LogP contribution in [0, 0.1) is 15.9 Å². The molecule has 1 aliphatic rings. The lowest BCUT2D eigenvalue weighted by atomic mass is 9.99. The minimum absolute atomic E-state index is 0.0418. The van der Waals surface area contributed by atoms with Gasteiger partial charge in [0.25, 0.3) is 5.69 Å². The van der Waals surface area contributed by atoms with Gasteiger partial charge in [0.2, 0.25) is 0 Å². The second-order valence-corrected chi connectivity index (χ2v) is 5.28. The minimum Gasteiger partial charge on any atom is -0.350 e. The fraction of sp³-hybridized carbons (Fsp3) is 0.214. The van der Waals surface area contributed by atoms with Crippen molar-refractivity contribution in [2.45, 2.75) is 13.0 Å². The smallest absolute Gasteiger partial charge is 0.269 e. The first-order chi connectivity index (χ1) is 10.0. The molecule has 3 rings (SSSR count). The molecule has 2 heterocycles. The number of benzene rings is 1. The van der Waals surface area contributed by atoms with E-state index < -0.39 is 10.7 Å². The molecule has 0 saturated carbocycles. The predicted octanol–water partition coefficient (Wildman–Crippen LogP) is 3.35. The summed E-state index contributed by atoms with van der Waals surface area (Å²) in [6, 6.07) is 6.01. The van der Waals surface area contributed by atoms with Crippen LogP contribution in [0.25, 0.3) is 0 Å². The van der Waals surface area contributed by atoms with Gasteiger partial charge < -0.3 is 4.90 Å². The molecule has 0 radical (unpaired) electrons. The third-order valence-electron chi connectivity index (χ3n) is 3.50. The zero-order valence-corrected chi connectivity index (χ0v) is 11.7. The molecular weight excluding hydrogens is 297 g/mol. The molecule has 21 heavy (non-hydrogen) atoms. The maximum atomic E-state index is 13.9. The number of halogens is 2. The molecule has 1 aromatic carbocycles. The third kappa shape index (κ3) is 2.67. The van der Waals surface area contributed by atoms with Crippen molar-refractivity contribution in [3.05, 3.63) is 62.5 Å². The Morgan fingerprint density at radius 2 is 2.14 bits per heavy atom. The molecule has 7 heteroatoms. The van der Waals surface area contributed by atoms with E-state index in [9.17, 15) is 14.5 Å². The number of non-ortho nitro benzene ring substituents is 1. The van der Waals surface area contributed by atoms with Crippen molar-refractivity contribution in [3.63, 3.8) is 0 Å². The summed E-state index contributed by atoms with van der Waals surface area (Å²) in [5, 5.41) is 11.1. The van der Waals surface area contributed by atoms with E-state index in [-0.39, 0.29) is 16.5 Å². The SMILES string of the molecule is O=[N+]([O-])c1ccc2c(c1)CN(c1ncc(Cl)cc1F)CC2. The molecule has 108 valence electrons. The van der Waals surface area contributed by atoms with Crippen LogP contribution in [0.15, 0.2) is 30.5 Å². The van der Waals surface area contributed by atoms with Crippen LogP contribution in [0.5, 0.6) is 0 Å². The molecule has 0 N–H and O–H groups in total. The van der Waals surface area contributed by atoms with Gasteiger partial charge in [0.15, 0.2) is 11.6 Å². The summed E-state index contributed by atoms with van der Waals surface area (Å²) < 4.78 is 13.9. The van der Waals surface area contributed by atoms with Gasteiger partial charge in [-0.25, -0.2) is 9.37 Å². The average Bonchev–Trinajstić information content (AvgIpc) is 2.46. The number of hydrogen-bond acceptors (Lipinski definition) is 4. The van der Waals surface area contributed by atoms with Gasteiger partial charge in [-0.05, 0) is 23.6 Å². The fourth-order valence-electron chi connectivity index (χ4n) is 2.48. The lowest BCUT2D eigenvalue weighted by Gasteiger charge is -2.29. The topological polar surface area (TPSA) is 59.3 Å². The molecule has 0 amide bonds. The molecule has 0 spiro atoms.